The first kappa shape index (κ1) is 12.9. The van der Waals surface area contributed by atoms with Gasteiger partial charge in [-0.2, -0.15) is 0 Å². The molecule has 0 atom stereocenters. The quantitative estimate of drug-likeness (QED) is 0.514. The summed E-state index contributed by atoms with van der Waals surface area (Å²) >= 11 is 0. The van der Waals surface area contributed by atoms with E-state index in [1.165, 1.54) is 4.90 Å². The maximum absolute atomic E-state index is 11.0. The van der Waals surface area contributed by atoms with Gasteiger partial charge in [-0.05, 0) is 6.92 Å². The number of aliphatic hydroxyl groups is 1. The summed E-state index contributed by atoms with van der Waals surface area (Å²) in [6.07, 6.45) is 0. The molecule has 0 saturated heterocycles. The first-order valence-corrected chi connectivity index (χ1v) is 4.30. The summed E-state index contributed by atoms with van der Waals surface area (Å²) in [7, 11) is 0. The van der Waals surface area contributed by atoms with Gasteiger partial charge < -0.3 is 14.9 Å². The van der Waals surface area contributed by atoms with E-state index >= 15 is 0 Å². The van der Waals surface area contributed by atoms with E-state index in [0.717, 1.165) is 0 Å². The van der Waals surface area contributed by atoms with Gasteiger partial charge in [0, 0.05) is 6.54 Å². The van der Waals surface area contributed by atoms with Crippen molar-refractivity contribution in [1.82, 2.24) is 4.90 Å². The number of carbonyl (C=O) groups is 2. The number of esters is 1. The monoisotopic (exact) mass is 205 g/mol. The Morgan fingerprint density at radius 2 is 2.00 bits per heavy atom. The molecule has 0 fully saturated rings. The van der Waals surface area contributed by atoms with Crippen molar-refractivity contribution in [1.29, 1.82) is 0 Å². The van der Waals surface area contributed by atoms with Gasteiger partial charge in [-0.3, -0.25) is 14.5 Å². The van der Waals surface area contributed by atoms with Crippen LogP contribution in [0.5, 0.6) is 0 Å². The Kier molecular flexibility index (Phi) is 6.69. The smallest absolute Gasteiger partial charge is 0.320 e. The predicted molar refractivity (Wildman–Crippen MR) is 47.8 cm³/mol. The summed E-state index contributed by atoms with van der Waals surface area (Å²) in [5.74, 6) is -1.52. The van der Waals surface area contributed by atoms with E-state index in [0.29, 0.717) is 0 Å². The highest BCUT2D eigenvalue weighted by Crippen LogP contribution is 1.90. The summed E-state index contributed by atoms with van der Waals surface area (Å²) < 4.78 is 4.65. The number of hydrogen-bond donors (Lipinski definition) is 2. The molecule has 0 bridgehead atoms. The van der Waals surface area contributed by atoms with E-state index in [4.69, 9.17) is 10.2 Å². The standard InChI is InChI=1S/C8H15NO5/c1-2-14-8(13)6-9(3-4-10)5-7(11)12/h10H,2-6H2,1H3,(H,11,12). The Hall–Kier alpha value is -1.14. The van der Waals surface area contributed by atoms with Crippen molar-refractivity contribution >= 4 is 11.9 Å². The Morgan fingerprint density at radius 1 is 1.36 bits per heavy atom. The zero-order valence-electron chi connectivity index (χ0n) is 8.10. The summed E-state index contributed by atoms with van der Waals surface area (Å²) in [6, 6.07) is 0. The first-order valence-electron chi connectivity index (χ1n) is 4.30. The summed E-state index contributed by atoms with van der Waals surface area (Å²) in [4.78, 5) is 22.6. The molecule has 14 heavy (non-hydrogen) atoms. The minimum absolute atomic E-state index is 0.110. The van der Waals surface area contributed by atoms with Gasteiger partial charge in [-0.1, -0.05) is 0 Å². The molecule has 6 heteroatoms. The fourth-order valence-corrected chi connectivity index (χ4v) is 0.936. The normalized spacial score (nSPS) is 10.2. The van der Waals surface area contributed by atoms with Gasteiger partial charge in [-0.25, -0.2) is 0 Å². The van der Waals surface area contributed by atoms with E-state index in [2.05, 4.69) is 4.74 Å². The van der Waals surface area contributed by atoms with E-state index in [1.54, 1.807) is 6.92 Å². The third-order valence-electron chi connectivity index (χ3n) is 1.43. The SMILES string of the molecule is CCOC(=O)CN(CCO)CC(=O)O. The highest BCUT2D eigenvalue weighted by molar-refractivity contribution is 5.73. The van der Waals surface area contributed by atoms with Crippen molar-refractivity contribution in [2.75, 3.05) is 32.8 Å². The first-order chi connectivity index (χ1) is 6.60. The molecule has 0 aliphatic rings. The topological polar surface area (TPSA) is 87.1 Å². The minimum atomic E-state index is -1.04. The van der Waals surface area contributed by atoms with Crippen LogP contribution in [0.3, 0.4) is 0 Å². The Morgan fingerprint density at radius 3 is 2.43 bits per heavy atom. The molecule has 0 unspecified atom stereocenters. The maximum Gasteiger partial charge on any atom is 0.320 e. The average molecular weight is 205 g/mol. The molecule has 2 N–H and O–H groups in total. The molecule has 0 aromatic rings. The van der Waals surface area contributed by atoms with Gasteiger partial charge >= 0.3 is 11.9 Å². The van der Waals surface area contributed by atoms with E-state index < -0.39 is 11.9 Å². The number of ether oxygens (including phenoxy) is 1. The number of aliphatic hydroxyl groups excluding tert-OH is 1. The molecule has 0 saturated carbocycles. The number of hydrogen-bond acceptors (Lipinski definition) is 5. The van der Waals surface area contributed by atoms with Crippen LogP contribution in [0.4, 0.5) is 0 Å². The van der Waals surface area contributed by atoms with Gasteiger partial charge in [0.1, 0.15) is 0 Å². The van der Waals surface area contributed by atoms with Crippen LogP contribution in [0.15, 0.2) is 0 Å². The van der Waals surface area contributed by atoms with Crippen LogP contribution in [0.1, 0.15) is 6.92 Å². The Balaban J connectivity index is 3.94. The molecule has 0 aliphatic carbocycles. The molecule has 0 rings (SSSR count). The summed E-state index contributed by atoms with van der Waals surface area (Å²) in [6.45, 7) is 1.50. The molecule has 0 aromatic heterocycles. The fourth-order valence-electron chi connectivity index (χ4n) is 0.936. The van der Waals surface area contributed by atoms with Crippen molar-refractivity contribution in [3.8, 4) is 0 Å². The van der Waals surface area contributed by atoms with Crippen LogP contribution in [-0.2, 0) is 14.3 Å². The molecule has 0 aromatic carbocycles. The highest BCUT2D eigenvalue weighted by Gasteiger charge is 2.13. The molecule has 0 spiro atoms. The van der Waals surface area contributed by atoms with Crippen LogP contribution >= 0.6 is 0 Å². The molecule has 0 heterocycles. The van der Waals surface area contributed by atoms with Gasteiger partial charge in [0.05, 0.1) is 26.3 Å². The van der Waals surface area contributed by atoms with Crippen molar-refractivity contribution in [3.05, 3.63) is 0 Å². The Labute approximate surface area is 82.1 Å². The molecule has 82 valence electrons. The molecule has 0 aliphatic heterocycles. The lowest BCUT2D eigenvalue weighted by Gasteiger charge is -2.17. The minimum Gasteiger partial charge on any atom is -0.480 e. The molecule has 0 radical (unpaired) electrons. The summed E-state index contributed by atoms with van der Waals surface area (Å²) in [5.41, 5.74) is 0. The fraction of sp³-hybridized carbons (Fsp3) is 0.750. The van der Waals surface area contributed by atoms with Crippen molar-refractivity contribution in [3.63, 3.8) is 0 Å². The number of nitrogens with zero attached hydrogens (tertiary/aromatic N) is 1. The van der Waals surface area contributed by atoms with Crippen molar-refractivity contribution < 1.29 is 24.5 Å². The molecule has 6 nitrogen and oxygen atoms in total. The van der Waals surface area contributed by atoms with Crippen molar-refractivity contribution in [2.24, 2.45) is 0 Å². The molecular formula is C8H15NO5. The highest BCUT2D eigenvalue weighted by atomic mass is 16.5. The zero-order chi connectivity index (χ0) is 11.0. The van der Waals surface area contributed by atoms with Gasteiger partial charge in [-0.15, -0.1) is 0 Å². The second-order valence-corrected chi connectivity index (χ2v) is 2.63. The van der Waals surface area contributed by atoms with Crippen LogP contribution in [-0.4, -0.2) is 59.9 Å². The molecule has 0 amide bonds. The van der Waals surface area contributed by atoms with E-state index in [9.17, 15) is 9.59 Å². The number of carboxylic acids is 1. The van der Waals surface area contributed by atoms with Gasteiger partial charge in [0.2, 0.25) is 0 Å². The van der Waals surface area contributed by atoms with Crippen LogP contribution in [0, 0.1) is 0 Å². The third-order valence-corrected chi connectivity index (χ3v) is 1.43. The lowest BCUT2D eigenvalue weighted by molar-refractivity contribution is -0.146. The average Bonchev–Trinajstić information content (AvgIpc) is 2.03. The van der Waals surface area contributed by atoms with E-state index in [1.807, 2.05) is 0 Å². The zero-order valence-corrected chi connectivity index (χ0v) is 8.10. The third kappa shape index (κ3) is 6.38. The second kappa shape index (κ2) is 7.28. The lowest BCUT2D eigenvalue weighted by Crippen LogP contribution is -2.37. The number of carbonyl (C=O) groups excluding carboxylic acids is 1. The van der Waals surface area contributed by atoms with Crippen LogP contribution in [0.2, 0.25) is 0 Å². The lowest BCUT2D eigenvalue weighted by atomic mass is 10.4. The predicted octanol–water partition coefficient (Wildman–Crippen LogP) is -1.07. The maximum atomic E-state index is 11.0. The van der Waals surface area contributed by atoms with Crippen molar-refractivity contribution in [2.45, 2.75) is 6.92 Å². The second-order valence-electron chi connectivity index (χ2n) is 2.63. The largest absolute Gasteiger partial charge is 0.480 e. The number of rotatable bonds is 7. The van der Waals surface area contributed by atoms with Crippen LogP contribution in [0.25, 0.3) is 0 Å². The van der Waals surface area contributed by atoms with Crippen LogP contribution < -0.4 is 0 Å². The van der Waals surface area contributed by atoms with Gasteiger partial charge in [0.15, 0.2) is 0 Å². The van der Waals surface area contributed by atoms with E-state index in [-0.39, 0.29) is 32.8 Å². The Bertz CT molecular complexity index is 194. The van der Waals surface area contributed by atoms with Gasteiger partial charge in [0.25, 0.3) is 0 Å². The number of carboxylic acid groups (broad SMARTS) is 1. The number of aliphatic carboxylic acids is 1. The summed E-state index contributed by atoms with van der Waals surface area (Å²) in [5, 5.41) is 17.1. The molecular weight excluding hydrogens is 190 g/mol.